The van der Waals surface area contributed by atoms with Gasteiger partial charge in [-0.1, -0.05) is 0 Å². The molecule has 9 nitrogen and oxygen atoms in total. The predicted octanol–water partition coefficient (Wildman–Crippen LogP) is 2.75. The molecule has 2 fully saturated rings. The van der Waals surface area contributed by atoms with Crippen LogP contribution in [0.1, 0.15) is 49.8 Å². The number of nitrogens with one attached hydrogen (secondary N) is 1. The van der Waals surface area contributed by atoms with Gasteiger partial charge >= 0.3 is 0 Å². The van der Waals surface area contributed by atoms with Crippen LogP contribution in [-0.4, -0.2) is 62.5 Å². The second kappa shape index (κ2) is 8.04. The van der Waals surface area contributed by atoms with Crippen LogP contribution in [0.3, 0.4) is 0 Å². The molecule has 9 heteroatoms. The standard InChI is InChI=1S/C26H28N6O3/c1-25(34)12-19(13-25)32-23-18(15-29-32)11-20(16-28-23)35-9-8-31-6-4-26(5-7-31)21-10-17(14-27)2-3-22(21)30-24(26)33/h2-3,10-11,15-16,19,34H,4-9,12-13H2,1H3,(H,30,33). The van der Waals surface area contributed by atoms with Gasteiger partial charge in [-0.15, -0.1) is 0 Å². The Kier molecular flexibility index (Phi) is 5.06. The Balaban J connectivity index is 1.05. The minimum Gasteiger partial charge on any atom is -0.491 e. The number of hydrogen-bond donors (Lipinski definition) is 2. The minimum absolute atomic E-state index is 0.0453. The second-order valence-corrected chi connectivity index (χ2v) is 10.3. The maximum Gasteiger partial charge on any atom is 0.235 e. The number of likely N-dealkylation sites (tertiary alicyclic amines) is 1. The fraction of sp³-hybridized carbons (Fsp3) is 0.462. The van der Waals surface area contributed by atoms with Crippen molar-refractivity contribution < 1.29 is 14.6 Å². The van der Waals surface area contributed by atoms with E-state index in [4.69, 9.17) is 4.74 Å². The number of piperidine rings is 1. The quantitative estimate of drug-likeness (QED) is 0.586. The molecule has 1 aromatic carbocycles. The van der Waals surface area contributed by atoms with Gasteiger partial charge in [0.05, 0.1) is 41.1 Å². The van der Waals surface area contributed by atoms with E-state index in [-0.39, 0.29) is 11.9 Å². The molecule has 2 N–H and O–H groups in total. The molecule has 3 aliphatic rings. The van der Waals surface area contributed by atoms with Crippen molar-refractivity contribution in [2.24, 2.45) is 0 Å². The third-order valence-corrected chi connectivity index (χ3v) is 7.84. The van der Waals surface area contributed by atoms with E-state index in [2.05, 4.69) is 26.4 Å². The number of fused-ring (bicyclic) bond motifs is 3. The lowest BCUT2D eigenvalue weighted by atomic mass is 9.73. The molecule has 3 aromatic rings. The maximum atomic E-state index is 12.9. The molecule has 2 aliphatic heterocycles. The first-order valence-corrected chi connectivity index (χ1v) is 12.1. The third-order valence-electron chi connectivity index (χ3n) is 7.84. The summed E-state index contributed by atoms with van der Waals surface area (Å²) in [5.74, 6) is 0.753. The second-order valence-electron chi connectivity index (χ2n) is 10.3. The zero-order chi connectivity index (χ0) is 24.2. The Morgan fingerprint density at radius 3 is 2.80 bits per heavy atom. The van der Waals surface area contributed by atoms with E-state index in [1.807, 2.05) is 29.8 Å². The number of ether oxygens (including phenoxy) is 1. The Hall–Kier alpha value is -3.48. The zero-order valence-electron chi connectivity index (χ0n) is 19.7. The van der Waals surface area contributed by atoms with Crippen molar-refractivity contribution in [1.29, 1.82) is 5.26 Å². The van der Waals surface area contributed by atoms with E-state index < -0.39 is 11.0 Å². The van der Waals surface area contributed by atoms with E-state index in [0.29, 0.717) is 30.8 Å². The fourth-order valence-electron chi connectivity index (χ4n) is 5.82. The predicted molar refractivity (Wildman–Crippen MR) is 129 cm³/mol. The molecule has 1 saturated carbocycles. The first-order chi connectivity index (χ1) is 16.9. The summed E-state index contributed by atoms with van der Waals surface area (Å²) in [6.07, 6.45) is 6.35. The van der Waals surface area contributed by atoms with Crippen molar-refractivity contribution in [2.45, 2.75) is 49.7 Å². The minimum atomic E-state index is -0.607. The Bertz CT molecular complexity index is 1340. The van der Waals surface area contributed by atoms with Crippen LogP contribution in [0, 0.1) is 11.3 Å². The Labute approximate surface area is 203 Å². The van der Waals surface area contributed by atoms with E-state index in [1.54, 1.807) is 18.5 Å². The van der Waals surface area contributed by atoms with Crippen molar-refractivity contribution >= 4 is 22.6 Å². The molecular formula is C26H28N6O3. The molecule has 0 atom stereocenters. The lowest BCUT2D eigenvalue weighted by molar-refractivity contribution is -0.122. The number of amides is 1. The van der Waals surface area contributed by atoms with E-state index >= 15 is 0 Å². The van der Waals surface area contributed by atoms with Gasteiger partial charge in [-0.05, 0) is 75.5 Å². The van der Waals surface area contributed by atoms with Gasteiger partial charge in [0.15, 0.2) is 5.65 Å². The van der Waals surface area contributed by atoms with Gasteiger partial charge in [0.1, 0.15) is 12.4 Å². The first-order valence-electron chi connectivity index (χ1n) is 12.1. The van der Waals surface area contributed by atoms with Gasteiger partial charge in [-0.25, -0.2) is 9.67 Å². The Morgan fingerprint density at radius 1 is 1.26 bits per heavy atom. The first kappa shape index (κ1) is 22.0. The highest BCUT2D eigenvalue weighted by molar-refractivity contribution is 6.06. The number of hydrogen-bond acceptors (Lipinski definition) is 7. The van der Waals surface area contributed by atoms with Crippen LogP contribution in [0.15, 0.2) is 36.7 Å². The molecule has 0 radical (unpaired) electrons. The van der Waals surface area contributed by atoms with Crippen molar-refractivity contribution in [2.75, 3.05) is 31.6 Å². The largest absolute Gasteiger partial charge is 0.491 e. The van der Waals surface area contributed by atoms with Crippen LogP contribution in [-0.2, 0) is 10.2 Å². The van der Waals surface area contributed by atoms with Crippen LogP contribution < -0.4 is 10.1 Å². The highest BCUT2D eigenvalue weighted by Gasteiger charge is 2.48. The number of nitrogens with zero attached hydrogens (tertiary/aromatic N) is 5. The maximum absolute atomic E-state index is 12.9. The number of pyridine rings is 1. The SMILES string of the molecule is CC1(O)CC(n2ncc3cc(OCCN4CCC5(CC4)C(=O)Nc4ccc(C#N)cc45)cnc32)C1. The molecule has 0 unspecified atom stereocenters. The van der Waals surface area contributed by atoms with Gasteiger partial charge in [-0.3, -0.25) is 9.69 Å². The van der Waals surface area contributed by atoms with Gasteiger partial charge < -0.3 is 15.2 Å². The molecule has 35 heavy (non-hydrogen) atoms. The molecule has 2 aromatic heterocycles. The number of aliphatic hydroxyl groups is 1. The van der Waals surface area contributed by atoms with Crippen LogP contribution in [0.5, 0.6) is 5.75 Å². The number of anilines is 1. The molecule has 180 valence electrons. The normalized spacial score (nSPS) is 25.2. The van der Waals surface area contributed by atoms with E-state index in [0.717, 1.165) is 54.8 Å². The van der Waals surface area contributed by atoms with E-state index in [9.17, 15) is 15.2 Å². The topological polar surface area (TPSA) is 116 Å². The fourth-order valence-corrected chi connectivity index (χ4v) is 5.82. The molecule has 6 rings (SSSR count). The van der Waals surface area contributed by atoms with Crippen molar-refractivity contribution in [3.8, 4) is 11.8 Å². The van der Waals surface area contributed by atoms with Crippen LogP contribution in [0.4, 0.5) is 5.69 Å². The monoisotopic (exact) mass is 472 g/mol. The van der Waals surface area contributed by atoms with Crippen molar-refractivity contribution in [1.82, 2.24) is 19.7 Å². The summed E-state index contributed by atoms with van der Waals surface area (Å²) in [6, 6.07) is 9.78. The van der Waals surface area contributed by atoms with Crippen LogP contribution in [0.2, 0.25) is 0 Å². The summed E-state index contributed by atoms with van der Waals surface area (Å²) in [6.45, 7) is 4.73. The van der Waals surface area contributed by atoms with Crippen LogP contribution in [0.25, 0.3) is 11.0 Å². The number of carbonyl (C=O) groups excluding carboxylic acids is 1. The number of carbonyl (C=O) groups is 1. The highest BCUT2D eigenvalue weighted by Crippen LogP contribution is 2.45. The van der Waals surface area contributed by atoms with Crippen molar-refractivity contribution in [3.05, 3.63) is 47.8 Å². The molecular weight excluding hydrogens is 444 g/mol. The molecule has 4 heterocycles. The molecule has 1 spiro atoms. The van der Waals surface area contributed by atoms with E-state index in [1.165, 1.54) is 0 Å². The average Bonchev–Trinajstić information content (AvgIpc) is 3.37. The number of rotatable bonds is 5. The molecule has 1 amide bonds. The third kappa shape index (κ3) is 3.74. The lowest BCUT2D eigenvalue weighted by Gasteiger charge is -2.40. The number of nitriles is 1. The summed E-state index contributed by atoms with van der Waals surface area (Å²) in [5, 5.41) is 27.7. The van der Waals surface area contributed by atoms with Gasteiger partial charge in [0, 0.05) is 17.6 Å². The molecule has 1 saturated heterocycles. The number of benzene rings is 1. The summed E-state index contributed by atoms with van der Waals surface area (Å²) < 4.78 is 7.89. The summed E-state index contributed by atoms with van der Waals surface area (Å²) in [4.78, 5) is 19.7. The smallest absolute Gasteiger partial charge is 0.235 e. The molecule has 0 bridgehead atoms. The summed E-state index contributed by atoms with van der Waals surface area (Å²) in [7, 11) is 0. The zero-order valence-corrected chi connectivity index (χ0v) is 19.7. The summed E-state index contributed by atoms with van der Waals surface area (Å²) in [5.41, 5.74) is 2.05. The highest BCUT2D eigenvalue weighted by atomic mass is 16.5. The van der Waals surface area contributed by atoms with Gasteiger partial charge in [0.2, 0.25) is 5.91 Å². The molecule has 1 aliphatic carbocycles. The number of aromatic nitrogens is 3. The van der Waals surface area contributed by atoms with Gasteiger partial charge in [0.25, 0.3) is 0 Å². The Morgan fingerprint density at radius 2 is 2.06 bits per heavy atom. The lowest BCUT2D eigenvalue weighted by Crippen LogP contribution is -2.47. The van der Waals surface area contributed by atoms with Crippen molar-refractivity contribution in [3.63, 3.8) is 0 Å². The summed E-state index contributed by atoms with van der Waals surface area (Å²) >= 11 is 0. The van der Waals surface area contributed by atoms with Crippen LogP contribution >= 0.6 is 0 Å². The average molecular weight is 473 g/mol. The van der Waals surface area contributed by atoms with Gasteiger partial charge in [-0.2, -0.15) is 10.4 Å².